The topological polar surface area (TPSA) is 29.1 Å². The maximum atomic E-state index is 12.2. The van der Waals surface area contributed by atoms with Gasteiger partial charge in [0.25, 0.3) is 5.91 Å². The number of rotatable bonds is 3. The van der Waals surface area contributed by atoms with Crippen LogP contribution in [0.25, 0.3) is 0 Å². The number of hydrogen-bond acceptors (Lipinski definition) is 2. The van der Waals surface area contributed by atoms with Gasteiger partial charge in [-0.1, -0.05) is 18.2 Å². The van der Waals surface area contributed by atoms with Gasteiger partial charge >= 0.3 is 0 Å². The fraction of sp³-hybridized carbons (Fsp3) is 0.154. The number of amides is 1. The lowest BCUT2D eigenvalue weighted by Gasteiger charge is -2.11. The Labute approximate surface area is 137 Å². The third-order valence-corrected chi connectivity index (χ3v) is 6.00. The molecule has 0 saturated carbocycles. The summed E-state index contributed by atoms with van der Waals surface area (Å²) >= 11 is 14.2. The molecule has 1 aromatic heterocycles. The van der Waals surface area contributed by atoms with Gasteiger partial charge in [-0.05, 0) is 56.5 Å². The van der Waals surface area contributed by atoms with Crippen molar-refractivity contribution in [2.45, 2.75) is 12.3 Å². The van der Waals surface area contributed by atoms with Gasteiger partial charge < -0.3 is 5.32 Å². The molecule has 0 radical (unpaired) electrons. The lowest BCUT2D eigenvalue weighted by atomic mass is 10.1. The average Bonchev–Trinajstić information content (AvgIpc) is 2.70. The fourth-order valence-corrected chi connectivity index (χ4v) is 3.72. The normalized spacial score (nSPS) is 12.2. The van der Waals surface area contributed by atoms with Gasteiger partial charge in [-0.25, -0.2) is 0 Å². The van der Waals surface area contributed by atoms with E-state index in [-0.39, 0.29) is 11.3 Å². The molecular formula is C13H10Br2ClNOS. The van der Waals surface area contributed by atoms with Crippen LogP contribution >= 0.6 is 54.8 Å². The van der Waals surface area contributed by atoms with Gasteiger partial charge in [0.1, 0.15) is 0 Å². The Hall–Kier alpha value is -0.360. The Kier molecular flexibility index (Phi) is 5.06. The predicted molar refractivity (Wildman–Crippen MR) is 88.4 cm³/mol. The molecule has 1 aromatic carbocycles. The summed E-state index contributed by atoms with van der Waals surface area (Å²) in [4.78, 5) is 12.8. The monoisotopic (exact) mass is 421 g/mol. The quantitative estimate of drug-likeness (QED) is 0.619. The molecule has 100 valence electrons. The first-order valence-electron chi connectivity index (χ1n) is 5.48. The Morgan fingerprint density at radius 1 is 1.37 bits per heavy atom. The number of alkyl halides is 1. The Morgan fingerprint density at radius 3 is 2.63 bits per heavy atom. The summed E-state index contributed by atoms with van der Waals surface area (Å²) in [6.45, 7) is 1.88. The molecular weight excluding hydrogens is 413 g/mol. The second-order valence-corrected chi connectivity index (χ2v) is 7.77. The number of carbonyl (C=O) groups is 1. The number of thiophene rings is 1. The number of benzene rings is 1. The zero-order valence-electron chi connectivity index (χ0n) is 9.91. The number of anilines is 1. The second-order valence-electron chi connectivity index (χ2n) is 3.89. The zero-order valence-corrected chi connectivity index (χ0v) is 14.7. The predicted octanol–water partition coefficient (Wildman–Crippen LogP) is 5.83. The fourth-order valence-electron chi connectivity index (χ4n) is 1.60. The first-order chi connectivity index (χ1) is 8.99. The van der Waals surface area contributed by atoms with Crippen molar-refractivity contribution >= 4 is 66.4 Å². The lowest BCUT2D eigenvalue weighted by molar-refractivity contribution is 0.103. The molecule has 0 bridgehead atoms. The molecule has 2 rings (SSSR count). The largest absolute Gasteiger partial charge is 0.321 e. The van der Waals surface area contributed by atoms with E-state index in [2.05, 4.69) is 37.2 Å². The SMILES string of the molecule is CC(Cl)c1ccccc1NC(=O)c1cc(Br)c(Br)s1. The van der Waals surface area contributed by atoms with E-state index < -0.39 is 0 Å². The highest BCUT2D eigenvalue weighted by Gasteiger charge is 2.14. The Bertz CT molecular complexity index is 593. The van der Waals surface area contributed by atoms with E-state index in [1.54, 1.807) is 6.07 Å². The molecule has 1 heterocycles. The zero-order chi connectivity index (χ0) is 14.0. The van der Waals surface area contributed by atoms with Crippen molar-refractivity contribution < 1.29 is 4.79 Å². The number of carbonyl (C=O) groups excluding carboxylic acids is 1. The molecule has 2 aromatic rings. The van der Waals surface area contributed by atoms with Crippen LogP contribution in [0, 0.1) is 0 Å². The minimum absolute atomic E-state index is 0.138. The van der Waals surface area contributed by atoms with Gasteiger partial charge in [-0.2, -0.15) is 0 Å². The molecule has 1 atom stereocenters. The summed E-state index contributed by atoms with van der Waals surface area (Å²) in [7, 11) is 0. The van der Waals surface area contributed by atoms with Crippen LogP contribution in [-0.2, 0) is 0 Å². The van der Waals surface area contributed by atoms with Gasteiger partial charge in [0.15, 0.2) is 0 Å². The van der Waals surface area contributed by atoms with Gasteiger partial charge in [-0.15, -0.1) is 22.9 Å². The van der Waals surface area contributed by atoms with Crippen molar-refractivity contribution in [2.24, 2.45) is 0 Å². The summed E-state index contributed by atoms with van der Waals surface area (Å²) < 4.78 is 1.78. The molecule has 1 unspecified atom stereocenters. The van der Waals surface area contributed by atoms with Crippen LogP contribution in [0.2, 0.25) is 0 Å². The third-order valence-electron chi connectivity index (χ3n) is 2.51. The van der Waals surface area contributed by atoms with Gasteiger partial charge in [-0.3, -0.25) is 4.79 Å². The molecule has 1 amide bonds. The van der Waals surface area contributed by atoms with Crippen molar-refractivity contribution in [3.05, 3.63) is 49.0 Å². The van der Waals surface area contributed by atoms with Crippen molar-refractivity contribution in [1.29, 1.82) is 0 Å². The molecule has 2 nitrogen and oxygen atoms in total. The maximum absolute atomic E-state index is 12.2. The molecule has 0 aliphatic heterocycles. The van der Waals surface area contributed by atoms with E-state index in [0.29, 0.717) is 4.88 Å². The first kappa shape index (κ1) is 15.0. The standard InChI is InChI=1S/C13H10Br2ClNOS/c1-7(16)8-4-2-3-5-10(8)17-13(18)11-6-9(14)12(15)19-11/h2-7H,1H3,(H,17,18). The highest BCUT2D eigenvalue weighted by atomic mass is 79.9. The van der Waals surface area contributed by atoms with E-state index in [9.17, 15) is 4.79 Å². The van der Waals surface area contributed by atoms with Crippen molar-refractivity contribution in [1.82, 2.24) is 0 Å². The summed E-state index contributed by atoms with van der Waals surface area (Å²) in [5, 5.41) is 2.74. The maximum Gasteiger partial charge on any atom is 0.265 e. The average molecular weight is 424 g/mol. The van der Waals surface area contributed by atoms with Crippen LogP contribution in [-0.4, -0.2) is 5.91 Å². The van der Waals surface area contributed by atoms with E-state index in [1.165, 1.54) is 11.3 Å². The van der Waals surface area contributed by atoms with E-state index >= 15 is 0 Å². The second kappa shape index (κ2) is 6.39. The molecule has 0 aliphatic rings. The summed E-state index contributed by atoms with van der Waals surface area (Å²) in [6, 6.07) is 9.33. The molecule has 0 spiro atoms. The van der Waals surface area contributed by atoms with E-state index in [0.717, 1.165) is 19.5 Å². The number of hydrogen-bond donors (Lipinski definition) is 1. The van der Waals surface area contributed by atoms with Crippen LogP contribution in [0.5, 0.6) is 0 Å². The highest BCUT2D eigenvalue weighted by Crippen LogP contribution is 2.33. The Balaban J connectivity index is 2.24. The van der Waals surface area contributed by atoms with Crippen molar-refractivity contribution in [2.75, 3.05) is 5.32 Å². The van der Waals surface area contributed by atoms with Crippen LogP contribution in [0.4, 0.5) is 5.69 Å². The Morgan fingerprint density at radius 2 is 2.05 bits per heavy atom. The van der Waals surface area contributed by atoms with Gasteiger partial charge in [0.2, 0.25) is 0 Å². The minimum atomic E-state index is -0.154. The summed E-state index contributed by atoms with van der Waals surface area (Å²) in [5.41, 5.74) is 1.66. The molecule has 6 heteroatoms. The molecule has 1 N–H and O–H groups in total. The van der Waals surface area contributed by atoms with Gasteiger partial charge in [0, 0.05) is 10.2 Å². The molecule has 0 fully saturated rings. The smallest absolute Gasteiger partial charge is 0.265 e. The van der Waals surface area contributed by atoms with Crippen LogP contribution in [0.3, 0.4) is 0 Å². The third kappa shape index (κ3) is 3.60. The lowest BCUT2D eigenvalue weighted by Crippen LogP contribution is -2.11. The van der Waals surface area contributed by atoms with Crippen LogP contribution in [0.15, 0.2) is 38.6 Å². The van der Waals surface area contributed by atoms with E-state index in [4.69, 9.17) is 11.6 Å². The number of para-hydroxylation sites is 1. The summed E-state index contributed by atoms with van der Waals surface area (Å²) in [6.07, 6.45) is 0. The van der Waals surface area contributed by atoms with Crippen molar-refractivity contribution in [3.63, 3.8) is 0 Å². The molecule has 0 aliphatic carbocycles. The van der Waals surface area contributed by atoms with Gasteiger partial charge in [0.05, 0.1) is 14.0 Å². The highest BCUT2D eigenvalue weighted by molar-refractivity contribution is 9.13. The van der Waals surface area contributed by atoms with Crippen LogP contribution in [0.1, 0.15) is 27.5 Å². The number of nitrogens with one attached hydrogen (secondary N) is 1. The first-order valence-corrected chi connectivity index (χ1v) is 8.32. The number of halogens is 3. The molecule has 19 heavy (non-hydrogen) atoms. The van der Waals surface area contributed by atoms with Crippen molar-refractivity contribution in [3.8, 4) is 0 Å². The minimum Gasteiger partial charge on any atom is -0.321 e. The van der Waals surface area contributed by atoms with E-state index in [1.807, 2.05) is 31.2 Å². The molecule has 0 saturated heterocycles. The summed E-state index contributed by atoms with van der Waals surface area (Å²) in [5.74, 6) is -0.138. The van der Waals surface area contributed by atoms with Crippen LogP contribution < -0.4 is 5.32 Å².